The number of pyridine rings is 1. The van der Waals surface area contributed by atoms with Crippen LogP contribution in [0.3, 0.4) is 0 Å². The first kappa shape index (κ1) is 17.1. The summed E-state index contributed by atoms with van der Waals surface area (Å²) in [6, 6.07) is 3.38. The highest BCUT2D eigenvalue weighted by atomic mass is 16.5. The molecule has 3 heterocycles. The summed E-state index contributed by atoms with van der Waals surface area (Å²) < 4.78 is 5.29. The second kappa shape index (κ2) is 7.46. The van der Waals surface area contributed by atoms with Gasteiger partial charge in [0.1, 0.15) is 0 Å². The van der Waals surface area contributed by atoms with Crippen LogP contribution < -0.4 is 15.0 Å². The van der Waals surface area contributed by atoms with Crippen LogP contribution in [0.5, 0.6) is 5.88 Å². The number of hydrogen-bond acceptors (Lipinski definition) is 6. The van der Waals surface area contributed by atoms with Gasteiger partial charge >= 0.3 is 0 Å². The molecule has 3 rings (SSSR count). The van der Waals surface area contributed by atoms with E-state index in [0.717, 1.165) is 30.4 Å². The SMILES string of the molecule is CCOc1ccc(C(=O)Nc2c(C)nc(N3CCCC3)nc2C)cn1. The van der Waals surface area contributed by atoms with Crippen LogP contribution in [0.25, 0.3) is 0 Å². The Kier molecular flexibility index (Phi) is 5.11. The second-order valence-corrected chi connectivity index (χ2v) is 6.04. The molecule has 0 aromatic carbocycles. The van der Waals surface area contributed by atoms with Crippen molar-refractivity contribution in [2.75, 3.05) is 29.9 Å². The van der Waals surface area contributed by atoms with E-state index in [4.69, 9.17) is 4.74 Å². The molecule has 1 N–H and O–H groups in total. The van der Waals surface area contributed by atoms with Crippen molar-refractivity contribution in [2.45, 2.75) is 33.6 Å². The highest BCUT2D eigenvalue weighted by Crippen LogP contribution is 2.23. The molecular weight excluding hydrogens is 318 g/mol. The first-order valence-corrected chi connectivity index (χ1v) is 8.59. The number of ether oxygens (including phenoxy) is 1. The van der Waals surface area contributed by atoms with Gasteiger partial charge in [0, 0.05) is 25.4 Å². The molecule has 7 nitrogen and oxygen atoms in total. The van der Waals surface area contributed by atoms with E-state index in [2.05, 4.69) is 25.2 Å². The minimum absolute atomic E-state index is 0.237. The number of hydrogen-bond donors (Lipinski definition) is 1. The van der Waals surface area contributed by atoms with Crippen molar-refractivity contribution in [2.24, 2.45) is 0 Å². The zero-order valence-electron chi connectivity index (χ0n) is 14.9. The molecule has 2 aromatic rings. The lowest BCUT2D eigenvalue weighted by Gasteiger charge is -2.18. The zero-order chi connectivity index (χ0) is 17.8. The lowest BCUT2D eigenvalue weighted by Crippen LogP contribution is -2.22. The molecule has 7 heteroatoms. The number of nitrogens with zero attached hydrogens (tertiary/aromatic N) is 4. The van der Waals surface area contributed by atoms with Crippen LogP contribution in [0, 0.1) is 13.8 Å². The van der Waals surface area contributed by atoms with Crippen LogP contribution in [0.4, 0.5) is 11.6 Å². The van der Waals surface area contributed by atoms with Gasteiger partial charge in [-0.15, -0.1) is 0 Å². The standard InChI is InChI=1S/C18H23N5O2/c1-4-25-15-8-7-14(11-19-15)17(24)22-16-12(2)20-18(21-13(16)3)23-9-5-6-10-23/h7-8,11H,4-6,9-10H2,1-3H3,(H,22,24). The molecule has 0 radical (unpaired) electrons. The van der Waals surface area contributed by atoms with Gasteiger partial charge in [-0.2, -0.15) is 0 Å². The molecule has 0 spiro atoms. The zero-order valence-corrected chi connectivity index (χ0v) is 14.9. The van der Waals surface area contributed by atoms with Gasteiger partial charge in [-0.1, -0.05) is 0 Å². The number of carbonyl (C=O) groups is 1. The predicted octanol–water partition coefficient (Wildman–Crippen LogP) is 2.74. The third kappa shape index (κ3) is 3.87. The van der Waals surface area contributed by atoms with Crippen molar-refractivity contribution in [1.82, 2.24) is 15.0 Å². The summed E-state index contributed by atoms with van der Waals surface area (Å²) in [4.78, 5) is 27.9. The molecule has 25 heavy (non-hydrogen) atoms. The summed E-state index contributed by atoms with van der Waals surface area (Å²) in [5.74, 6) is 1.01. The Labute approximate surface area is 147 Å². The molecule has 0 atom stereocenters. The summed E-state index contributed by atoms with van der Waals surface area (Å²) in [7, 11) is 0. The Morgan fingerprint density at radius 2 is 1.88 bits per heavy atom. The van der Waals surface area contributed by atoms with Crippen molar-refractivity contribution in [1.29, 1.82) is 0 Å². The fourth-order valence-electron chi connectivity index (χ4n) is 2.87. The smallest absolute Gasteiger partial charge is 0.257 e. The summed E-state index contributed by atoms with van der Waals surface area (Å²) in [5.41, 5.74) is 2.65. The van der Waals surface area contributed by atoms with Gasteiger partial charge in [0.05, 0.1) is 29.2 Å². The second-order valence-electron chi connectivity index (χ2n) is 6.04. The Bertz CT molecular complexity index is 732. The molecule has 0 saturated carbocycles. The number of aromatic nitrogens is 3. The maximum absolute atomic E-state index is 12.5. The largest absolute Gasteiger partial charge is 0.478 e. The summed E-state index contributed by atoms with van der Waals surface area (Å²) >= 11 is 0. The topological polar surface area (TPSA) is 80.2 Å². The molecule has 1 fully saturated rings. The molecule has 132 valence electrons. The maximum atomic E-state index is 12.5. The molecule has 1 aliphatic heterocycles. The summed E-state index contributed by atoms with van der Waals surface area (Å²) in [6.45, 7) is 8.18. The van der Waals surface area contributed by atoms with E-state index in [1.165, 1.54) is 19.0 Å². The van der Waals surface area contributed by atoms with Crippen LogP contribution in [0.15, 0.2) is 18.3 Å². The average Bonchev–Trinajstić information content (AvgIpc) is 3.13. The normalized spacial score (nSPS) is 13.8. The Balaban J connectivity index is 1.76. The van der Waals surface area contributed by atoms with Crippen molar-refractivity contribution in [3.63, 3.8) is 0 Å². The van der Waals surface area contributed by atoms with Gasteiger partial charge in [-0.3, -0.25) is 4.79 Å². The van der Waals surface area contributed by atoms with E-state index >= 15 is 0 Å². The first-order valence-electron chi connectivity index (χ1n) is 8.59. The third-order valence-corrected chi connectivity index (χ3v) is 4.18. The number of nitrogens with one attached hydrogen (secondary N) is 1. The molecule has 0 unspecified atom stereocenters. The lowest BCUT2D eigenvalue weighted by atomic mass is 10.2. The number of carbonyl (C=O) groups excluding carboxylic acids is 1. The fraction of sp³-hybridized carbons (Fsp3) is 0.444. The number of rotatable bonds is 5. The van der Waals surface area contributed by atoms with Gasteiger partial charge in [0.2, 0.25) is 11.8 Å². The molecule has 1 aliphatic rings. The van der Waals surface area contributed by atoms with Crippen LogP contribution in [-0.4, -0.2) is 40.6 Å². The lowest BCUT2D eigenvalue weighted by molar-refractivity contribution is 0.102. The van der Waals surface area contributed by atoms with Crippen molar-refractivity contribution in [3.05, 3.63) is 35.3 Å². The van der Waals surface area contributed by atoms with E-state index in [9.17, 15) is 4.79 Å². The molecule has 2 aromatic heterocycles. The Morgan fingerprint density at radius 3 is 2.44 bits per heavy atom. The molecule has 1 amide bonds. The van der Waals surface area contributed by atoms with Crippen LogP contribution in [0.1, 0.15) is 41.5 Å². The van der Waals surface area contributed by atoms with Gasteiger partial charge in [-0.05, 0) is 39.7 Å². The van der Waals surface area contributed by atoms with Gasteiger partial charge in [0.25, 0.3) is 5.91 Å². The van der Waals surface area contributed by atoms with Gasteiger partial charge in [-0.25, -0.2) is 15.0 Å². The fourth-order valence-corrected chi connectivity index (χ4v) is 2.87. The number of amides is 1. The third-order valence-electron chi connectivity index (χ3n) is 4.18. The summed E-state index contributed by atoms with van der Waals surface area (Å²) in [5, 5.41) is 2.90. The Morgan fingerprint density at radius 1 is 1.20 bits per heavy atom. The van der Waals surface area contributed by atoms with E-state index in [0.29, 0.717) is 23.7 Å². The van der Waals surface area contributed by atoms with Gasteiger partial charge < -0.3 is 15.0 Å². The molecule has 0 aliphatic carbocycles. The van der Waals surface area contributed by atoms with Crippen LogP contribution >= 0.6 is 0 Å². The van der Waals surface area contributed by atoms with E-state index < -0.39 is 0 Å². The van der Waals surface area contributed by atoms with Gasteiger partial charge in [0.15, 0.2) is 0 Å². The quantitative estimate of drug-likeness (QED) is 0.901. The molecule has 1 saturated heterocycles. The average molecular weight is 341 g/mol. The highest BCUT2D eigenvalue weighted by molar-refractivity contribution is 6.04. The van der Waals surface area contributed by atoms with Crippen molar-refractivity contribution >= 4 is 17.5 Å². The van der Waals surface area contributed by atoms with E-state index in [1.54, 1.807) is 12.1 Å². The Hall–Kier alpha value is -2.70. The number of aryl methyl sites for hydroxylation is 2. The highest BCUT2D eigenvalue weighted by Gasteiger charge is 2.19. The molecular formula is C18H23N5O2. The van der Waals surface area contributed by atoms with E-state index in [1.807, 2.05) is 20.8 Å². The minimum Gasteiger partial charge on any atom is -0.478 e. The number of anilines is 2. The minimum atomic E-state index is -0.237. The predicted molar refractivity (Wildman–Crippen MR) is 96.3 cm³/mol. The maximum Gasteiger partial charge on any atom is 0.257 e. The van der Waals surface area contributed by atoms with Crippen molar-refractivity contribution in [3.8, 4) is 5.88 Å². The van der Waals surface area contributed by atoms with Crippen molar-refractivity contribution < 1.29 is 9.53 Å². The van der Waals surface area contributed by atoms with E-state index in [-0.39, 0.29) is 5.91 Å². The molecule has 0 bridgehead atoms. The first-order chi connectivity index (χ1) is 12.1. The van der Waals surface area contributed by atoms with Crippen LogP contribution in [-0.2, 0) is 0 Å². The van der Waals surface area contributed by atoms with Crippen LogP contribution in [0.2, 0.25) is 0 Å². The summed E-state index contributed by atoms with van der Waals surface area (Å²) in [6.07, 6.45) is 3.85. The monoisotopic (exact) mass is 341 g/mol.